The molecule has 0 saturated carbocycles. The number of hydrogen-bond donors (Lipinski definition) is 1. The standard InChI is InChI=1S/C16H24FNO2/c1-9-7-8-12(17)13(10(9)2)11(3)14(18)15(19)20-16(4,5)6/h7-8,11,14H,18H2,1-6H3/t11?,14-/m1/s1. The second kappa shape index (κ2) is 5.92. The monoisotopic (exact) mass is 281 g/mol. The number of ether oxygens (including phenoxy) is 1. The van der Waals surface area contributed by atoms with Crippen molar-refractivity contribution in [2.24, 2.45) is 5.73 Å². The third kappa shape index (κ3) is 3.79. The van der Waals surface area contributed by atoms with E-state index in [9.17, 15) is 9.18 Å². The number of halogens is 1. The SMILES string of the molecule is Cc1ccc(F)c(C(C)[C@@H](N)C(=O)OC(C)(C)C)c1C. The first-order chi connectivity index (χ1) is 9.04. The van der Waals surface area contributed by atoms with Crippen molar-refractivity contribution in [3.05, 3.63) is 34.6 Å². The highest BCUT2D eigenvalue weighted by Crippen LogP contribution is 2.28. The van der Waals surface area contributed by atoms with Gasteiger partial charge in [-0.1, -0.05) is 13.0 Å². The third-order valence-corrected chi connectivity index (χ3v) is 3.41. The van der Waals surface area contributed by atoms with Crippen molar-refractivity contribution in [1.82, 2.24) is 0 Å². The molecule has 0 fully saturated rings. The highest BCUT2D eigenvalue weighted by Gasteiger charge is 2.30. The van der Waals surface area contributed by atoms with Crippen molar-refractivity contribution in [1.29, 1.82) is 0 Å². The van der Waals surface area contributed by atoms with Gasteiger partial charge in [0, 0.05) is 5.92 Å². The first-order valence-electron chi connectivity index (χ1n) is 6.78. The fraction of sp³-hybridized carbons (Fsp3) is 0.562. The number of rotatable bonds is 3. The molecule has 0 spiro atoms. The second-order valence-corrected chi connectivity index (χ2v) is 6.25. The van der Waals surface area contributed by atoms with E-state index >= 15 is 0 Å². The van der Waals surface area contributed by atoms with Gasteiger partial charge in [-0.05, 0) is 57.4 Å². The largest absolute Gasteiger partial charge is 0.459 e. The summed E-state index contributed by atoms with van der Waals surface area (Å²) in [6, 6.07) is 2.25. The molecule has 112 valence electrons. The van der Waals surface area contributed by atoms with E-state index in [1.807, 2.05) is 13.8 Å². The first kappa shape index (κ1) is 16.6. The molecule has 3 nitrogen and oxygen atoms in total. The maximum Gasteiger partial charge on any atom is 0.324 e. The summed E-state index contributed by atoms with van der Waals surface area (Å²) in [5.41, 5.74) is 7.64. The molecule has 2 atom stereocenters. The number of benzene rings is 1. The molecular weight excluding hydrogens is 257 g/mol. The molecule has 0 amide bonds. The number of nitrogens with two attached hydrogens (primary N) is 1. The number of hydrogen-bond acceptors (Lipinski definition) is 3. The zero-order valence-electron chi connectivity index (χ0n) is 13.1. The van der Waals surface area contributed by atoms with E-state index in [-0.39, 0.29) is 5.82 Å². The molecule has 4 heteroatoms. The molecule has 1 unspecified atom stereocenters. The topological polar surface area (TPSA) is 52.3 Å². The number of aryl methyl sites for hydroxylation is 1. The molecule has 0 radical (unpaired) electrons. The fourth-order valence-electron chi connectivity index (χ4n) is 2.12. The van der Waals surface area contributed by atoms with Crippen LogP contribution in [0.25, 0.3) is 0 Å². The van der Waals surface area contributed by atoms with Crippen molar-refractivity contribution in [3.63, 3.8) is 0 Å². The van der Waals surface area contributed by atoms with Gasteiger partial charge in [0.15, 0.2) is 0 Å². The van der Waals surface area contributed by atoms with Gasteiger partial charge in [-0.15, -0.1) is 0 Å². The van der Waals surface area contributed by atoms with E-state index in [0.29, 0.717) is 5.56 Å². The number of carbonyl (C=O) groups excluding carboxylic acids is 1. The van der Waals surface area contributed by atoms with Gasteiger partial charge in [0.1, 0.15) is 17.5 Å². The zero-order chi connectivity index (χ0) is 15.7. The lowest BCUT2D eigenvalue weighted by Crippen LogP contribution is -2.41. The lowest BCUT2D eigenvalue weighted by molar-refractivity contribution is -0.156. The molecule has 0 saturated heterocycles. The zero-order valence-corrected chi connectivity index (χ0v) is 13.1. The van der Waals surface area contributed by atoms with Crippen molar-refractivity contribution in [3.8, 4) is 0 Å². The quantitative estimate of drug-likeness (QED) is 0.865. The number of esters is 1. The van der Waals surface area contributed by atoms with Gasteiger partial charge in [-0.25, -0.2) is 4.39 Å². The Kier molecular flexibility index (Phi) is 4.92. The van der Waals surface area contributed by atoms with Crippen LogP contribution < -0.4 is 5.73 Å². The smallest absolute Gasteiger partial charge is 0.324 e. The van der Waals surface area contributed by atoms with Crippen LogP contribution in [0.1, 0.15) is 50.3 Å². The third-order valence-electron chi connectivity index (χ3n) is 3.41. The van der Waals surface area contributed by atoms with Crippen LogP contribution in [0.15, 0.2) is 12.1 Å². The Labute approximate surface area is 120 Å². The summed E-state index contributed by atoms with van der Waals surface area (Å²) in [6.07, 6.45) is 0. The van der Waals surface area contributed by atoms with Gasteiger partial charge in [-0.2, -0.15) is 0 Å². The lowest BCUT2D eigenvalue weighted by atomic mass is 9.88. The summed E-state index contributed by atoms with van der Waals surface area (Å²) in [5.74, 6) is -1.28. The Morgan fingerprint density at radius 1 is 1.30 bits per heavy atom. The van der Waals surface area contributed by atoms with E-state index in [0.717, 1.165) is 11.1 Å². The molecule has 0 bridgehead atoms. The summed E-state index contributed by atoms with van der Waals surface area (Å²) in [6.45, 7) is 10.8. The Morgan fingerprint density at radius 2 is 1.85 bits per heavy atom. The second-order valence-electron chi connectivity index (χ2n) is 6.25. The van der Waals surface area contributed by atoms with Crippen molar-refractivity contribution >= 4 is 5.97 Å². The predicted molar refractivity (Wildman–Crippen MR) is 78.1 cm³/mol. The van der Waals surface area contributed by atoms with Gasteiger partial charge >= 0.3 is 5.97 Å². The molecule has 1 rings (SSSR count). The number of carbonyl (C=O) groups is 1. The molecular formula is C16H24FNO2. The van der Waals surface area contributed by atoms with Crippen molar-refractivity contribution in [2.45, 2.75) is 59.1 Å². The minimum absolute atomic E-state index is 0.334. The van der Waals surface area contributed by atoms with Crippen LogP contribution in [-0.2, 0) is 9.53 Å². The average molecular weight is 281 g/mol. The molecule has 1 aromatic rings. The van der Waals surface area contributed by atoms with E-state index in [2.05, 4.69) is 0 Å². The summed E-state index contributed by atoms with van der Waals surface area (Å²) in [7, 11) is 0. The Morgan fingerprint density at radius 3 is 2.35 bits per heavy atom. The van der Waals surface area contributed by atoms with Crippen LogP contribution in [0.4, 0.5) is 4.39 Å². The molecule has 20 heavy (non-hydrogen) atoms. The predicted octanol–water partition coefficient (Wildman–Crippen LogP) is 3.22. The molecule has 0 aliphatic carbocycles. The Hall–Kier alpha value is -1.42. The van der Waals surface area contributed by atoms with Gasteiger partial charge in [0.25, 0.3) is 0 Å². The summed E-state index contributed by atoms with van der Waals surface area (Å²) in [5, 5.41) is 0. The highest BCUT2D eigenvalue weighted by molar-refractivity contribution is 5.77. The van der Waals surface area contributed by atoms with Gasteiger partial charge in [0.05, 0.1) is 0 Å². The minimum atomic E-state index is -0.885. The highest BCUT2D eigenvalue weighted by atomic mass is 19.1. The first-order valence-corrected chi connectivity index (χ1v) is 6.78. The molecule has 1 aromatic carbocycles. The molecule has 0 heterocycles. The van der Waals surface area contributed by atoms with Crippen LogP contribution in [0, 0.1) is 19.7 Å². The summed E-state index contributed by atoms with van der Waals surface area (Å²) in [4.78, 5) is 12.0. The summed E-state index contributed by atoms with van der Waals surface area (Å²) >= 11 is 0. The maximum absolute atomic E-state index is 14.0. The maximum atomic E-state index is 14.0. The summed E-state index contributed by atoms with van der Waals surface area (Å²) < 4.78 is 19.3. The van der Waals surface area contributed by atoms with Crippen molar-refractivity contribution < 1.29 is 13.9 Å². The van der Waals surface area contributed by atoms with Crippen LogP contribution in [0.3, 0.4) is 0 Å². The Bertz CT molecular complexity index is 506. The van der Waals surface area contributed by atoms with Gasteiger partial charge in [-0.3, -0.25) is 4.79 Å². The van der Waals surface area contributed by atoms with Gasteiger partial charge < -0.3 is 10.5 Å². The molecule has 0 aliphatic rings. The van der Waals surface area contributed by atoms with Crippen LogP contribution in [-0.4, -0.2) is 17.6 Å². The molecule has 0 aromatic heterocycles. The molecule has 2 N–H and O–H groups in total. The Balaban J connectivity index is 3.04. The van der Waals surface area contributed by atoms with Crippen LogP contribution in [0.2, 0.25) is 0 Å². The minimum Gasteiger partial charge on any atom is -0.459 e. The van der Waals surface area contributed by atoms with E-state index in [1.165, 1.54) is 6.07 Å². The average Bonchev–Trinajstić information content (AvgIpc) is 2.31. The lowest BCUT2D eigenvalue weighted by Gasteiger charge is -2.26. The van der Waals surface area contributed by atoms with Crippen molar-refractivity contribution in [2.75, 3.05) is 0 Å². The fourth-order valence-corrected chi connectivity index (χ4v) is 2.12. The van der Waals surface area contributed by atoms with Crippen LogP contribution in [0.5, 0.6) is 0 Å². The van der Waals surface area contributed by atoms with E-state index in [1.54, 1.807) is 33.8 Å². The van der Waals surface area contributed by atoms with Gasteiger partial charge in [0.2, 0.25) is 0 Å². The van der Waals surface area contributed by atoms with E-state index in [4.69, 9.17) is 10.5 Å². The normalized spacial score (nSPS) is 14.8. The molecule has 0 aliphatic heterocycles. The van der Waals surface area contributed by atoms with Crippen LogP contribution >= 0.6 is 0 Å². The van der Waals surface area contributed by atoms with E-state index < -0.39 is 23.5 Å².